The van der Waals surface area contributed by atoms with Crippen molar-refractivity contribution in [3.05, 3.63) is 11.3 Å². The largest absolute Gasteiger partial charge is 0.491 e. The zero-order valence-electron chi connectivity index (χ0n) is 9.24. The van der Waals surface area contributed by atoms with Crippen LogP contribution in [0.3, 0.4) is 0 Å². The molecule has 0 aromatic carbocycles. The summed E-state index contributed by atoms with van der Waals surface area (Å²) in [6.07, 6.45) is 5.16. The molecule has 0 bridgehead atoms. The van der Waals surface area contributed by atoms with Gasteiger partial charge in [-0.2, -0.15) is 0 Å². The minimum Gasteiger partial charge on any atom is -0.491 e. The zero-order valence-corrected chi connectivity index (χ0v) is 9.24. The number of ether oxygens (including phenoxy) is 1. The third-order valence-corrected chi connectivity index (χ3v) is 4.36. The van der Waals surface area contributed by atoms with Gasteiger partial charge in [0.15, 0.2) is 0 Å². The van der Waals surface area contributed by atoms with E-state index in [1.165, 1.54) is 37.0 Å². The van der Waals surface area contributed by atoms with Crippen LogP contribution in [0, 0.1) is 5.41 Å². The topological polar surface area (TPSA) is 9.23 Å². The molecule has 2 rings (SSSR count). The van der Waals surface area contributed by atoms with Crippen molar-refractivity contribution in [2.24, 2.45) is 5.41 Å². The first-order valence-corrected chi connectivity index (χ1v) is 5.37. The molecule has 0 amide bonds. The van der Waals surface area contributed by atoms with Gasteiger partial charge in [-0.05, 0) is 45.1 Å². The average Bonchev–Trinajstić information content (AvgIpc) is 2.57. The van der Waals surface area contributed by atoms with Crippen LogP contribution in [0.2, 0.25) is 0 Å². The zero-order chi connectivity index (χ0) is 9.69. The van der Waals surface area contributed by atoms with Gasteiger partial charge in [-0.25, -0.2) is 0 Å². The molecule has 0 N–H and O–H groups in total. The first-order valence-electron chi connectivity index (χ1n) is 5.37. The third kappa shape index (κ3) is 0.992. The Hall–Kier alpha value is -0.460. The van der Waals surface area contributed by atoms with E-state index in [2.05, 4.69) is 27.7 Å². The number of hydrogen-bond acceptors (Lipinski definition) is 1. The molecule has 13 heavy (non-hydrogen) atoms. The van der Waals surface area contributed by atoms with E-state index >= 15 is 0 Å². The first kappa shape index (κ1) is 9.11. The van der Waals surface area contributed by atoms with Crippen molar-refractivity contribution >= 4 is 0 Å². The highest BCUT2D eigenvalue weighted by Gasteiger charge is 2.54. The molecule has 0 atom stereocenters. The summed E-state index contributed by atoms with van der Waals surface area (Å²) >= 11 is 0. The molecule has 1 saturated carbocycles. The lowest BCUT2D eigenvalue weighted by molar-refractivity contribution is -0.0350. The molecule has 0 unspecified atom stereocenters. The Kier molecular flexibility index (Phi) is 1.77. The van der Waals surface area contributed by atoms with Crippen LogP contribution in [0.5, 0.6) is 0 Å². The monoisotopic (exact) mass is 180 g/mol. The predicted octanol–water partition coefficient (Wildman–Crippen LogP) is 3.65. The fraction of sp³-hybridized carbons (Fsp3) is 0.833. The molecular weight excluding hydrogens is 160 g/mol. The lowest BCUT2D eigenvalue weighted by Gasteiger charge is -2.38. The Bertz CT molecular complexity index is 254. The summed E-state index contributed by atoms with van der Waals surface area (Å²) in [5.74, 6) is 1.17. The maximum Gasteiger partial charge on any atom is 0.117 e. The molecule has 0 radical (unpaired) electrons. The van der Waals surface area contributed by atoms with Crippen LogP contribution in [0.15, 0.2) is 11.3 Å². The van der Waals surface area contributed by atoms with E-state index < -0.39 is 0 Å². The third-order valence-electron chi connectivity index (χ3n) is 4.36. The quantitative estimate of drug-likeness (QED) is 0.553. The second-order valence-corrected chi connectivity index (χ2v) is 5.11. The highest BCUT2D eigenvalue weighted by atomic mass is 16.5. The SMILES string of the molecule is CC1=C(C)C(C)(C)C2(CCCC2)O1. The van der Waals surface area contributed by atoms with Crippen LogP contribution in [-0.4, -0.2) is 5.60 Å². The van der Waals surface area contributed by atoms with Gasteiger partial charge in [-0.15, -0.1) is 0 Å². The van der Waals surface area contributed by atoms with Crippen molar-refractivity contribution in [1.82, 2.24) is 0 Å². The van der Waals surface area contributed by atoms with Gasteiger partial charge >= 0.3 is 0 Å². The first-order chi connectivity index (χ1) is 6.00. The lowest BCUT2D eigenvalue weighted by atomic mass is 9.70. The van der Waals surface area contributed by atoms with Crippen molar-refractivity contribution in [2.45, 2.75) is 59.0 Å². The van der Waals surface area contributed by atoms with E-state index in [4.69, 9.17) is 4.74 Å². The van der Waals surface area contributed by atoms with Crippen LogP contribution in [-0.2, 0) is 4.74 Å². The number of allylic oxidation sites excluding steroid dienone is 1. The standard InChI is InChI=1S/C12H20O/c1-9-10(2)13-12(11(9,3)4)7-5-6-8-12/h5-8H2,1-4H3. The van der Waals surface area contributed by atoms with Gasteiger partial charge in [-0.3, -0.25) is 0 Å². The Morgan fingerprint density at radius 3 is 2.00 bits per heavy atom. The van der Waals surface area contributed by atoms with Crippen LogP contribution in [0.1, 0.15) is 53.4 Å². The second-order valence-electron chi connectivity index (χ2n) is 5.11. The minimum atomic E-state index is 0.154. The summed E-state index contributed by atoms with van der Waals surface area (Å²) in [5.41, 5.74) is 1.86. The van der Waals surface area contributed by atoms with Gasteiger partial charge in [0.2, 0.25) is 0 Å². The molecule has 0 saturated heterocycles. The van der Waals surface area contributed by atoms with Gasteiger partial charge in [0.25, 0.3) is 0 Å². The predicted molar refractivity (Wildman–Crippen MR) is 54.4 cm³/mol. The maximum absolute atomic E-state index is 6.12. The van der Waals surface area contributed by atoms with Crippen molar-refractivity contribution in [3.63, 3.8) is 0 Å². The van der Waals surface area contributed by atoms with E-state index in [1.54, 1.807) is 0 Å². The summed E-state index contributed by atoms with van der Waals surface area (Å²) < 4.78 is 6.12. The molecule has 0 aromatic heterocycles. The highest BCUT2D eigenvalue weighted by Crippen LogP contribution is 2.56. The van der Waals surface area contributed by atoms with E-state index in [9.17, 15) is 0 Å². The molecular formula is C12H20O. The summed E-state index contributed by atoms with van der Waals surface area (Å²) in [6.45, 7) is 9.01. The van der Waals surface area contributed by atoms with Gasteiger partial charge in [0.05, 0.1) is 5.76 Å². The van der Waals surface area contributed by atoms with Crippen LogP contribution >= 0.6 is 0 Å². The Morgan fingerprint density at radius 2 is 1.62 bits per heavy atom. The van der Waals surface area contributed by atoms with Crippen molar-refractivity contribution in [2.75, 3.05) is 0 Å². The summed E-state index contributed by atoms with van der Waals surface area (Å²) in [6, 6.07) is 0. The van der Waals surface area contributed by atoms with Crippen molar-refractivity contribution < 1.29 is 4.74 Å². The van der Waals surface area contributed by atoms with Crippen molar-refractivity contribution in [3.8, 4) is 0 Å². The Balaban J connectivity index is 2.37. The summed E-state index contributed by atoms with van der Waals surface area (Å²) in [5, 5.41) is 0. The molecule has 1 heteroatoms. The van der Waals surface area contributed by atoms with Crippen LogP contribution in [0.4, 0.5) is 0 Å². The highest BCUT2D eigenvalue weighted by molar-refractivity contribution is 5.26. The lowest BCUT2D eigenvalue weighted by Crippen LogP contribution is -2.40. The van der Waals surface area contributed by atoms with Gasteiger partial charge in [0, 0.05) is 5.41 Å². The molecule has 1 nitrogen and oxygen atoms in total. The molecule has 74 valence electrons. The normalized spacial score (nSPS) is 29.8. The molecule has 1 spiro atoms. The fourth-order valence-corrected chi connectivity index (χ4v) is 2.95. The molecule has 2 aliphatic rings. The average molecular weight is 180 g/mol. The van der Waals surface area contributed by atoms with Gasteiger partial charge < -0.3 is 4.74 Å². The van der Waals surface area contributed by atoms with E-state index in [0.29, 0.717) is 0 Å². The van der Waals surface area contributed by atoms with Crippen LogP contribution in [0.25, 0.3) is 0 Å². The number of rotatable bonds is 0. The smallest absolute Gasteiger partial charge is 0.117 e. The molecule has 1 fully saturated rings. The Morgan fingerprint density at radius 1 is 1.08 bits per heavy atom. The van der Waals surface area contributed by atoms with Gasteiger partial charge in [-0.1, -0.05) is 13.8 Å². The molecule has 0 aromatic rings. The van der Waals surface area contributed by atoms with Crippen molar-refractivity contribution in [1.29, 1.82) is 0 Å². The van der Waals surface area contributed by atoms with E-state index in [1.807, 2.05) is 0 Å². The summed E-state index contributed by atoms with van der Waals surface area (Å²) in [4.78, 5) is 0. The maximum atomic E-state index is 6.12. The van der Waals surface area contributed by atoms with Crippen LogP contribution < -0.4 is 0 Å². The molecule has 1 aliphatic carbocycles. The Labute approximate surface area is 81.2 Å². The molecule has 1 heterocycles. The van der Waals surface area contributed by atoms with E-state index in [0.717, 1.165) is 0 Å². The van der Waals surface area contributed by atoms with E-state index in [-0.39, 0.29) is 11.0 Å². The molecule has 1 aliphatic heterocycles. The van der Waals surface area contributed by atoms with Gasteiger partial charge in [0.1, 0.15) is 5.60 Å². The fourth-order valence-electron chi connectivity index (χ4n) is 2.95. The summed E-state index contributed by atoms with van der Waals surface area (Å²) in [7, 11) is 0. The second kappa shape index (κ2) is 2.52. The minimum absolute atomic E-state index is 0.154. The number of hydrogen-bond donors (Lipinski definition) is 0.